The van der Waals surface area contributed by atoms with Crippen LogP contribution in [0.3, 0.4) is 0 Å². The van der Waals surface area contributed by atoms with Crippen molar-refractivity contribution in [3.05, 3.63) is 65.2 Å². The van der Waals surface area contributed by atoms with Crippen LogP contribution in [0.5, 0.6) is 0 Å². The lowest BCUT2D eigenvalue weighted by Gasteiger charge is -2.20. The third-order valence-electron chi connectivity index (χ3n) is 3.49. The van der Waals surface area contributed by atoms with Crippen LogP contribution >= 0.6 is 0 Å². The molecule has 0 fully saturated rings. The van der Waals surface area contributed by atoms with Crippen LogP contribution in [0.2, 0.25) is 0 Å². The molecule has 0 aromatic heterocycles. The van der Waals surface area contributed by atoms with Crippen LogP contribution in [0.1, 0.15) is 16.7 Å². The molecule has 0 unspecified atom stereocenters. The van der Waals surface area contributed by atoms with Gasteiger partial charge in [-0.05, 0) is 41.8 Å². The molecule has 2 aromatic carbocycles. The molecule has 2 N–H and O–H groups in total. The number of anilines is 1. The van der Waals surface area contributed by atoms with E-state index in [9.17, 15) is 0 Å². The predicted molar refractivity (Wildman–Crippen MR) is 75.6 cm³/mol. The minimum Gasteiger partial charge on any atom is -0.381 e. The lowest BCUT2D eigenvalue weighted by Crippen LogP contribution is -2.25. The van der Waals surface area contributed by atoms with Crippen molar-refractivity contribution in [3.8, 4) is 0 Å². The highest BCUT2D eigenvalue weighted by Crippen LogP contribution is 2.19. The number of fused-ring (bicyclic) bond motifs is 1. The zero-order valence-corrected chi connectivity index (χ0v) is 10.4. The fraction of sp³-hybridized carbons (Fsp3) is 0.250. The van der Waals surface area contributed by atoms with Gasteiger partial charge >= 0.3 is 0 Å². The highest BCUT2D eigenvalue weighted by atomic mass is 14.9. The number of rotatable bonds is 3. The first-order valence-electron chi connectivity index (χ1n) is 6.53. The molecule has 1 aliphatic heterocycles. The largest absolute Gasteiger partial charge is 0.381 e. The minimum atomic E-state index is 0.910. The molecule has 2 nitrogen and oxygen atoms in total. The SMILES string of the molecule is c1ccc(NCc2cccc3c2CCNC3)cc1. The molecule has 0 amide bonds. The van der Waals surface area contributed by atoms with Gasteiger partial charge in [-0.15, -0.1) is 0 Å². The van der Waals surface area contributed by atoms with Crippen molar-refractivity contribution in [3.63, 3.8) is 0 Å². The Bertz CT molecular complexity index is 520. The second-order valence-corrected chi connectivity index (χ2v) is 4.70. The predicted octanol–water partition coefficient (Wildman–Crippen LogP) is 2.94. The van der Waals surface area contributed by atoms with Gasteiger partial charge in [-0.2, -0.15) is 0 Å². The van der Waals surface area contributed by atoms with E-state index in [2.05, 4.69) is 53.1 Å². The number of hydrogen-bond donors (Lipinski definition) is 2. The van der Waals surface area contributed by atoms with Crippen molar-refractivity contribution in [2.24, 2.45) is 0 Å². The Morgan fingerprint density at radius 3 is 2.78 bits per heavy atom. The summed E-state index contributed by atoms with van der Waals surface area (Å²) in [4.78, 5) is 0. The summed E-state index contributed by atoms with van der Waals surface area (Å²) in [6.07, 6.45) is 1.14. The Balaban J connectivity index is 1.77. The quantitative estimate of drug-likeness (QED) is 0.859. The van der Waals surface area contributed by atoms with Crippen molar-refractivity contribution in [1.29, 1.82) is 0 Å². The number of para-hydroxylation sites is 1. The molecular weight excluding hydrogens is 220 g/mol. The van der Waals surface area contributed by atoms with Crippen molar-refractivity contribution in [2.75, 3.05) is 11.9 Å². The molecule has 0 aliphatic carbocycles. The van der Waals surface area contributed by atoms with Crippen LogP contribution in [-0.4, -0.2) is 6.54 Å². The third-order valence-corrected chi connectivity index (χ3v) is 3.49. The zero-order chi connectivity index (χ0) is 12.2. The molecule has 1 heterocycles. The molecule has 0 saturated heterocycles. The van der Waals surface area contributed by atoms with Gasteiger partial charge in [-0.25, -0.2) is 0 Å². The van der Waals surface area contributed by atoms with Gasteiger partial charge in [0.2, 0.25) is 0 Å². The van der Waals surface area contributed by atoms with E-state index in [-0.39, 0.29) is 0 Å². The van der Waals surface area contributed by atoms with Gasteiger partial charge in [-0.1, -0.05) is 36.4 Å². The maximum Gasteiger partial charge on any atom is 0.0403 e. The summed E-state index contributed by atoms with van der Waals surface area (Å²) in [5.74, 6) is 0. The Morgan fingerprint density at radius 2 is 1.89 bits per heavy atom. The number of hydrogen-bond acceptors (Lipinski definition) is 2. The van der Waals surface area contributed by atoms with E-state index < -0.39 is 0 Å². The van der Waals surface area contributed by atoms with Gasteiger partial charge < -0.3 is 10.6 Å². The third kappa shape index (κ3) is 2.39. The Hall–Kier alpha value is -1.80. The van der Waals surface area contributed by atoms with Gasteiger partial charge in [0, 0.05) is 18.8 Å². The molecule has 1 aliphatic rings. The van der Waals surface area contributed by atoms with Crippen molar-refractivity contribution in [1.82, 2.24) is 5.32 Å². The standard InChI is InChI=1S/C16H18N2/c1-2-7-15(8-3-1)18-12-14-6-4-5-13-11-17-10-9-16(13)14/h1-8,17-18H,9-12H2. The maximum absolute atomic E-state index is 3.49. The van der Waals surface area contributed by atoms with Crippen LogP contribution in [0.15, 0.2) is 48.5 Å². The maximum atomic E-state index is 3.49. The number of nitrogens with one attached hydrogen (secondary N) is 2. The van der Waals surface area contributed by atoms with Crippen molar-refractivity contribution in [2.45, 2.75) is 19.5 Å². The smallest absolute Gasteiger partial charge is 0.0403 e. The number of benzene rings is 2. The van der Waals surface area contributed by atoms with Crippen molar-refractivity contribution < 1.29 is 0 Å². The molecule has 2 heteroatoms. The molecule has 2 aromatic rings. The zero-order valence-electron chi connectivity index (χ0n) is 10.4. The van der Waals surface area contributed by atoms with E-state index in [0.29, 0.717) is 0 Å². The van der Waals surface area contributed by atoms with E-state index in [4.69, 9.17) is 0 Å². The summed E-state index contributed by atoms with van der Waals surface area (Å²) in [5, 5.41) is 6.91. The first kappa shape index (κ1) is 11.3. The topological polar surface area (TPSA) is 24.1 Å². The van der Waals surface area contributed by atoms with Crippen molar-refractivity contribution >= 4 is 5.69 Å². The molecule has 18 heavy (non-hydrogen) atoms. The Kier molecular flexibility index (Phi) is 3.29. The molecule has 3 rings (SSSR count). The highest BCUT2D eigenvalue weighted by molar-refractivity contribution is 5.45. The monoisotopic (exact) mass is 238 g/mol. The molecule has 0 atom stereocenters. The Labute approximate surface area is 108 Å². The minimum absolute atomic E-state index is 0.910. The summed E-state index contributed by atoms with van der Waals surface area (Å²) in [5.41, 5.74) is 5.59. The van der Waals surface area contributed by atoms with E-state index >= 15 is 0 Å². The van der Waals surface area contributed by atoms with E-state index in [1.165, 1.54) is 22.4 Å². The van der Waals surface area contributed by atoms with E-state index in [1.54, 1.807) is 0 Å². The van der Waals surface area contributed by atoms with Crippen LogP contribution in [-0.2, 0) is 19.5 Å². The summed E-state index contributed by atoms with van der Waals surface area (Å²) in [6.45, 7) is 3.01. The average Bonchev–Trinajstić information content (AvgIpc) is 2.46. The van der Waals surface area contributed by atoms with E-state index in [0.717, 1.165) is 26.1 Å². The summed E-state index contributed by atoms with van der Waals surface area (Å²) in [6, 6.07) is 17.0. The highest BCUT2D eigenvalue weighted by Gasteiger charge is 2.11. The second-order valence-electron chi connectivity index (χ2n) is 4.70. The summed E-state index contributed by atoms with van der Waals surface area (Å²) in [7, 11) is 0. The second kappa shape index (κ2) is 5.23. The van der Waals surface area contributed by atoms with Crippen LogP contribution in [0, 0.1) is 0 Å². The fourth-order valence-corrected chi connectivity index (χ4v) is 2.53. The summed E-state index contributed by atoms with van der Waals surface area (Å²) >= 11 is 0. The average molecular weight is 238 g/mol. The molecule has 0 bridgehead atoms. The molecular formula is C16H18N2. The van der Waals surface area contributed by atoms with Gasteiger partial charge in [0.15, 0.2) is 0 Å². The normalized spacial score (nSPS) is 14.0. The van der Waals surface area contributed by atoms with Crippen LogP contribution < -0.4 is 10.6 Å². The fourth-order valence-electron chi connectivity index (χ4n) is 2.53. The van der Waals surface area contributed by atoms with Gasteiger partial charge in [-0.3, -0.25) is 0 Å². The van der Waals surface area contributed by atoms with Crippen LogP contribution in [0.25, 0.3) is 0 Å². The molecule has 0 saturated carbocycles. The van der Waals surface area contributed by atoms with Gasteiger partial charge in [0.1, 0.15) is 0 Å². The van der Waals surface area contributed by atoms with Crippen LogP contribution in [0.4, 0.5) is 5.69 Å². The van der Waals surface area contributed by atoms with E-state index in [1.807, 2.05) is 6.07 Å². The van der Waals surface area contributed by atoms with Gasteiger partial charge in [0.25, 0.3) is 0 Å². The molecule has 0 radical (unpaired) electrons. The molecule has 0 spiro atoms. The first-order valence-corrected chi connectivity index (χ1v) is 6.53. The lowest BCUT2D eigenvalue weighted by atomic mass is 9.95. The lowest BCUT2D eigenvalue weighted by molar-refractivity contribution is 0.639. The summed E-state index contributed by atoms with van der Waals surface area (Å²) < 4.78 is 0. The van der Waals surface area contributed by atoms with Gasteiger partial charge in [0.05, 0.1) is 0 Å². The first-order chi connectivity index (χ1) is 8.93. The Morgan fingerprint density at radius 1 is 1.00 bits per heavy atom. The molecule has 92 valence electrons.